The van der Waals surface area contributed by atoms with Gasteiger partial charge in [0, 0.05) is 15.8 Å². The number of nitrogens with one attached hydrogen (secondary N) is 2. The molecule has 6 nitrogen and oxygen atoms in total. The maximum atomic E-state index is 12.6. The third-order valence-corrected chi connectivity index (χ3v) is 5.95. The van der Waals surface area contributed by atoms with E-state index in [9.17, 15) is 9.59 Å². The maximum absolute atomic E-state index is 12.6. The summed E-state index contributed by atoms with van der Waals surface area (Å²) in [5.74, 6) is -0.0978. The molecule has 9 heteroatoms. The van der Waals surface area contributed by atoms with Gasteiger partial charge >= 0.3 is 5.97 Å². The summed E-state index contributed by atoms with van der Waals surface area (Å²) in [6, 6.07) is 12.0. The molecule has 1 aromatic heterocycles. The zero-order chi connectivity index (χ0) is 21.7. The second-order valence-electron chi connectivity index (χ2n) is 6.23. The van der Waals surface area contributed by atoms with E-state index in [4.69, 9.17) is 33.3 Å². The van der Waals surface area contributed by atoms with Gasteiger partial charge < -0.3 is 14.8 Å². The summed E-state index contributed by atoms with van der Waals surface area (Å²) in [7, 11) is 1.58. The molecule has 0 aliphatic carbocycles. The third-order valence-electron chi connectivity index (χ3n) is 4.09. The average Bonchev–Trinajstić information content (AvgIpc) is 3.08. The summed E-state index contributed by atoms with van der Waals surface area (Å²) in [6.45, 7) is 2.31. The van der Waals surface area contributed by atoms with Crippen molar-refractivity contribution in [2.75, 3.05) is 19.0 Å². The summed E-state index contributed by atoms with van der Waals surface area (Å²) in [5.41, 5.74) is 1.07. The molecule has 3 rings (SSSR count). The van der Waals surface area contributed by atoms with Crippen molar-refractivity contribution >= 4 is 67.9 Å². The number of fused-ring (bicyclic) bond motifs is 1. The average molecular weight is 463 g/mol. The normalized spacial score (nSPS) is 10.5. The molecule has 0 aliphatic heterocycles. The van der Waals surface area contributed by atoms with E-state index in [2.05, 4.69) is 10.6 Å². The zero-order valence-corrected chi connectivity index (χ0v) is 18.7. The van der Waals surface area contributed by atoms with Crippen molar-refractivity contribution in [3.8, 4) is 5.75 Å². The van der Waals surface area contributed by atoms with E-state index in [0.717, 1.165) is 16.5 Å². The molecule has 0 spiro atoms. The van der Waals surface area contributed by atoms with Gasteiger partial charge in [-0.05, 0) is 61.1 Å². The lowest BCUT2D eigenvalue weighted by Gasteiger charge is -2.10. The Kier molecular flexibility index (Phi) is 7.25. The molecule has 0 radical (unpaired) electrons. The summed E-state index contributed by atoms with van der Waals surface area (Å²) in [4.78, 5) is 24.8. The molecule has 1 heterocycles. The van der Waals surface area contributed by atoms with Crippen LogP contribution in [-0.4, -0.2) is 30.7 Å². The number of esters is 1. The van der Waals surface area contributed by atoms with Gasteiger partial charge in [-0.25, -0.2) is 4.79 Å². The second kappa shape index (κ2) is 9.88. The Morgan fingerprint density at radius 3 is 2.57 bits per heavy atom. The van der Waals surface area contributed by atoms with Crippen LogP contribution < -0.4 is 15.4 Å². The van der Waals surface area contributed by atoms with Crippen molar-refractivity contribution in [3.05, 3.63) is 57.9 Å². The Hall–Kier alpha value is -2.68. The molecule has 3 aromatic rings. The standard InChI is InChI=1S/C21H19ClN2O4S2/c1-3-10-28-20(26)12-4-6-13(7-5-12)23-21(29)24-19(25)18-17(22)15-9-8-14(27-2)11-16(15)30-18/h4-9,11H,3,10H2,1-2H3,(H2,23,24,25,29). The van der Waals surface area contributed by atoms with Gasteiger partial charge in [-0.1, -0.05) is 18.5 Å². The van der Waals surface area contributed by atoms with E-state index in [1.54, 1.807) is 37.4 Å². The highest BCUT2D eigenvalue weighted by Crippen LogP contribution is 2.37. The van der Waals surface area contributed by atoms with E-state index in [1.165, 1.54) is 11.3 Å². The van der Waals surface area contributed by atoms with Crippen molar-refractivity contribution in [1.82, 2.24) is 5.32 Å². The molecule has 1 amide bonds. The lowest BCUT2D eigenvalue weighted by atomic mass is 10.2. The molecule has 156 valence electrons. The molecule has 0 saturated heterocycles. The highest BCUT2D eigenvalue weighted by molar-refractivity contribution is 7.80. The molecule has 0 unspecified atom stereocenters. The van der Waals surface area contributed by atoms with Crippen LogP contribution in [0, 0.1) is 0 Å². The Balaban J connectivity index is 1.65. The van der Waals surface area contributed by atoms with Gasteiger partial charge in [-0.2, -0.15) is 0 Å². The number of amides is 1. The molecule has 0 bridgehead atoms. The topological polar surface area (TPSA) is 76.7 Å². The number of halogens is 1. The Morgan fingerprint density at radius 2 is 1.90 bits per heavy atom. The molecule has 0 aliphatic rings. The maximum Gasteiger partial charge on any atom is 0.338 e. The first-order valence-corrected chi connectivity index (χ1v) is 10.7. The minimum absolute atomic E-state index is 0.118. The highest BCUT2D eigenvalue weighted by atomic mass is 35.5. The van der Waals surface area contributed by atoms with Crippen LogP contribution in [0.1, 0.15) is 33.4 Å². The van der Waals surface area contributed by atoms with Gasteiger partial charge in [0.2, 0.25) is 0 Å². The summed E-state index contributed by atoms with van der Waals surface area (Å²) in [5, 5.41) is 6.80. The van der Waals surface area contributed by atoms with E-state index in [0.29, 0.717) is 33.5 Å². The predicted molar refractivity (Wildman–Crippen MR) is 124 cm³/mol. The smallest absolute Gasteiger partial charge is 0.338 e. The summed E-state index contributed by atoms with van der Waals surface area (Å²) >= 11 is 12.9. The van der Waals surface area contributed by atoms with Gasteiger partial charge in [-0.3, -0.25) is 10.1 Å². The number of thiocarbonyl (C=S) groups is 1. The molecular formula is C21H19ClN2O4S2. The molecule has 0 atom stereocenters. The fraction of sp³-hybridized carbons (Fsp3) is 0.190. The quantitative estimate of drug-likeness (QED) is 0.384. The number of hydrogen-bond acceptors (Lipinski definition) is 6. The van der Waals surface area contributed by atoms with Crippen LogP contribution in [0.3, 0.4) is 0 Å². The Bertz CT molecular complexity index is 1100. The van der Waals surface area contributed by atoms with Crippen LogP contribution in [0.5, 0.6) is 5.75 Å². The van der Waals surface area contributed by atoms with Crippen LogP contribution in [0.15, 0.2) is 42.5 Å². The number of methoxy groups -OCH3 is 1. The largest absolute Gasteiger partial charge is 0.497 e. The minimum atomic E-state index is -0.405. The predicted octanol–water partition coefficient (Wildman–Crippen LogP) is 5.26. The van der Waals surface area contributed by atoms with Gasteiger partial charge in [0.25, 0.3) is 5.91 Å². The fourth-order valence-electron chi connectivity index (χ4n) is 2.61. The summed E-state index contributed by atoms with van der Waals surface area (Å²) < 4.78 is 11.1. The first-order chi connectivity index (χ1) is 14.4. The number of carbonyl (C=O) groups excluding carboxylic acids is 2. The van der Waals surface area contributed by atoms with Gasteiger partial charge in [-0.15, -0.1) is 11.3 Å². The number of hydrogen-bond donors (Lipinski definition) is 2. The number of carbonyl (C=O) groups is 2. The molecule has 2 aromatic carbocycles. The Labute approximate surface area is 188 Å². The first kappa shape index (κ1) is 22.0. The van der Waals surface area contributed by atoms with Crippen molar-refractivity contribution in [1.29, 1.82) is 0 Å². The fourth-order valence-corrected chi connectivity index (χ4v) is 4.26. The minimum Gasteiger partial charge on any atom is -0.497 e. The second-order valence-corrected chi connectivity index (χ2v) is 8.07. The van der Waals surface area contributed by atoms with E-state index in [1.807, 2.05) is 19.1 Å². The van der Waals surface area contributed by atoms with Gasteiger partial charge in [0.1, 0.15) is 10.6 Å². The molecule has 0 saturated carbocycles. The van der Waals surface area contributed by atoms with Crippen LogP contribution >= 0.6 is 35.2 Å². The lowest BCUT2D eigenvalue weighted by Crippen LogP contribution is -2.33. The van der Waals surface area contributed by atoms with Gasteiger partial charge in [0.15, 0.2) is 5.11 Å². The van der Waals surface area contributed by atoms with Crippen LogP contribution in [0.25, 0.3) is 10.1 Å². The van der Waals surface area contributed by atoms with E-state index >= 15 is 0 Å². The monoisotopic (exact) mass is 462 g/mol. The van der Waals surface area contributed by atoms with Crippen LogP contribution in [0.2, 0.25) is 5.02 Å². The number of rotatable bonds is 6. The van der Waals surface area contributed by atoms with Crippen LogP contribution in [0.4, 0.5) is 5.69 Å². The number of thiophene rings is 1. The van der Waals surface area contributed by atoms with E-state index < -0.39 is 5.91 Å². The van der Waals surface area contributed by atoms with Crippen molar-refractivity contribution < 1.29 is 19.1 Å². The molecule has 2 N–H and O–H groups in total. The van der Waals surface area contributed by atoms with E-state index in [-0.39, 0.29) is 11.1 Å². The lowest BCUT2D eigenvalue weighted by molar-refractivity contribution is 0.0505. The van der Waals surface area contributed by atoms with Gasteiger partial charge in [0.05, 0.1) is 24.3 Å². The van der Waals surface area contributed by atoms with Crippen molar-refractivity contribution in [2.45, 2.75) is 13.3 Å². The summed E-state index contributed by atoms with van der Waals surface area (Å²) in [6.07, 6.45) is 0.761. The zero-order valence-electron chi connectivity index (χ0n) is 16.3. The van der Waals surface area contributed by atoms with Crippen molar-refractivity contribution in [2.24, 2.45) is 0 Å². The highest BCUT2D eigenvalue weighted by Gasteiger charge is 2.18. The molecular weight excluding hydrogens is 444 g/mol. The SMILES string of the molecule is CCCOC(=O)c1ccc(NC(=S)NC(=O)c2sc3cc(OC)ccc3c2Cl)cc1. The molecule has 0 fully saturated rings. The number of anilines is 1. The molecule has 30 heavy (non-hydrogen) atoms. The Morgan fingerprint density at radius 1 is 1.17 bits per heavy atom. The third kappa shape index (κ3) is 5.08. The van der Waals surface area contributed by atoms with Crippen molar-refractivity contribution in [3.63, 3.8) is 0 Å². The first-order valence-electron chi connectivity index (χ1n) is 9.08. The number of ether oxygens (including phenoxy) is 2. The number of benzene rings is 2. The van der Waals surface area contributed by atoms with Crippen LogP contribution in [-0.2, 0) is 4.74 Å².